The highest BCUT2D eigenvalue weighted by Gasteiger charge is 2.40. The summed E-state index contributed by atoms with van der Waals surface area (Å²) in [4.78, 5) is 22.3. The van der Waals surface area contributed by atoms with E-state index in [0.717, 1.165) is 18.3 Å². The quantitative estimate of drug-likeness (QED) is 0.549. The average molecular weight is 376 g/mol. The largest absolute Gasteiger partial charge is 0.434 e. The van der Waals surface area contributed by atoms with Gasteiger partial charge in [0.1, 0.15) is 0 Å². The van der Waals surface area contributed by atoms with E-state index in [1.807, 2.05) is 0 Å². The Kier molecular flexibility index (Phi) is 4.63. The summed E-state index contributed by atoms with van der Waals surface area (Å²) >= 11 is 0. The maximum atomic E-state index is 13.6. The van der Waals surface area contributed by atoms with E-state index < -0.39 is 28.3 Å². The molecule has 0 fully saturated rings. The van der Waals surface area contributed by atoms with Crippen molar-refractivity contribution in [2.45, 2.75) is 6.18 Å². The maximum absolute atomic E-state index is 13.6. The summed E-state index contributed by atoms with van der Waals surface area (Å²) < 4.78 is 41.3. The van der Waals surface area contributed by atoms with Gasteiger partial charge in [-0.15, -0.1) is 0 Å². The number of aromatic nitrogens is 2. The van der Waals surface area contributed by atoms with E-state index in [-0.39, 0.29) is 17.1 Å². The van der Waals surface area contributed by atoms with Crippen LogP contribution < -0.4 is 5.32 Å². The van der Waals surface area contributed by atoms with Gasteiger partial charge >= 0.3 is 6.18 Å². The van der Waals surface area contributed by atoms with Crippen LogP contribution in [0.4, 0.5) is 24.5 Å². The molecule has 0 unspecified atom stereocenters. The number of para-hydroxylation sites is 1. The first kappa shape index (κ1) is 18.1. The molecule has 0 radical (unpaired) electrons. The Balaban J connectivity index is 1.95. The van der Waals surface area contributed by atoms with E-state index in [0.29, 0.717) is 4.68 Å². The molecule has 1 N–H and O–H groups in total. The maximum Gasteiger partial charge on any atom is 0.434 e. The number of hydrogen-bond acceptors (Lipinski definition) is 4. The topological polar surface area (TPSA) is 90.1 Å². The van der Waals surface area contributed by atoms with Gasteiger partial charge in [-0.1, -0.05) is 18.2 Å². The fourth-order valence-electron chi connectivity index (χ4n) is 2.42. The smallest absolute Gasteiger partial charge is 0.322 e. The SMILES string of the molecule is O=C(Nc1ccc([N+](=O)[O-])cc1)c1cnn(-c2ccccc2)c1C(F)(F)F. The normalized spacial score (nSPS) is 11.2. The molecule has 1 aromatic heterocycles. The number of rotatable bonds is 4. The summed E-state index contributed by atoms with van der Waals surface area (Å²) in [5.41, 5.74) is -1.82. The fraction of sp³-hybridized carbons (Fsp3) is 0.0588. The van der Waals surface area contributed by atoms with Crippen LogP contribution in [0.15, 0.2) is 60.8 Å². The van der Waals surface area contributed by atoms with Gasteiger partial charge in [-0.3, -0.25) is 14.9 Å². The van der Waals surface area contributed by atoms with Crippen LogP contribution in [0, 0.1) is 10.1 Å². The van der Waals surface area contributed by atoms with E-state index in [4.69, 9.17) is 0 Å². The molecule has 0 spiro atoms. The van der Waals surface area contributed by atoms with Crippen molar-refractivity contribution in [3.8, 4) is 5.69 Å². The number of amides is 1. The summed E-state index contributed by atoms with van der Waals surface area (Å²) in [6.45, 7) is 0. The van der Waals surface area contributed by atoms with E-state index in [9.17, 15) is 28.1 Å². The molecule has 27 heavy (non-hydrogen) atoms. The molecule has 0 aliphatic carbocycles. The van der Waals surface area contributed by atoms with Crippen molar-refractivity contribution in [3.05, 3.63) is 82.2 Å². The highest BCUT2D eigenvalue weighted by Crippen LogP contribution is 2.34. The number of nitrogens with one attached hydrogen (secondary N) is 1. The first-order valence-corrected chi connectivity index (χ1v) is 7.54. The third-order valence-electron chi connectivity index (χ3n) is 3.62. The van der Waals surface area contributed by atoms with Crippen molar-refractivity contribution in [1.82, 2.24) is 9.78 Å². The van der Waals surface area contributed by atoms with Crippen LogP contribution in [-0.2, 0) is 6.18 Å². The number of hydrogen-bond donors (Lipinski definition) is 1. The van der Waals surface area contributed by atoms with Gasteiger partial charge in [0.15, 0.2) is 5.69 Å². The van der Waals surface area contributed by atoms with Gasteiger partial charge in [-0.05, 0) is 24.3 Å². The Morgan fingerprint density at radius 1 is 1.07 bits per heavy atom. The van der Waals surface area contributed by atoms with Gasteiger partial charge < -0.3 is 5.32 Å². The summed E-state index contributed by atoms with van der Waals surface area (Å²) in [5.74, 6) is -1.03. The summed E-state index contributed by atoms with van der Waals surface area (Å²) in [7, 11) is 0. The first-order valence-electron chi connectivity index (χ1n) is 7.54. The second-order valence-electron chi connectivity index (χ2n) is 5.41. The minimum Gasteiger partial charge on any atom is -0.322 e. The molecule has 3 aromatic rings. The molecule has 2 aromatic carbocycles. The molecule has 1 heterocycles. The van der Waals surface area contributed by atoms with Crippen LogP contribution in [0.3, 0.4) is 0 Å². The number of alkyl halides is 3. The van der Waals surface area contributed by atoms with Crippen LogP contribution in [0.2, 0.25) is 0 Å². The van der Waals surface area contributed by atoms with Crippen LogP contribution >= 0.6 is 0 Å². The molecule has 7 nitrogen and oxygen atoms in total. The lowest BCUT2D eigenvalue weighted by Crippen LogP contribution is -2.20. The van der Waals surface area contributed by atoms with Gasteiger partial charge in [0.2, 0.25) is 0 Å². The Labute approximate surface area is 150 Å². The van der Waals surface area contributed by atoms with E-state index in [2.05, 4.69) is 10.4 Å². The Hall–Kier alpha value is -3.69. The number of benzene rings is 2. The van der Waals surface area contributed by atoms with Crippen molar-refractivity contribution in [2.24, 2.45) is 0 Å². The predicted octanol–water partition coefficient (Wildman–Crippen LogP) is 4.05. The van der Waals surface area contributed by atoms with Crippen LogP contribution in [0.5, 0.6) is 0 Å². The molecular weight excluding hydrogens is 365 g/mol. The van der Waals surface area contributed by atoms with E-state index in [1.165, 1.54) is 24.3 Å². The second-order valence-corrected chi connectivity index (χ2v) is 5.41. The number of carbonyl (C=O) groups excluding carboxylic acids is 1. The number of nitro groups is 1. The Morgan fingerprint density at radius 2 is 1.70 bits per heavy atom. The zero-order chi connectivity index (χ0) is 19.6. The number of non-ortho nitro benzene ring substituents is 1. The average Bonchev–Trinajstić information content (AvgIpc) is 3.08. The van der Waals surface area contributed by atoms with Crippen LogP contribution in [-0.4, -0.2) is 20.6 Å². The summed E-state index contributed by atoms with van der Waals surface area (Å²) in [6, 6.07) is 12.3. The molecular formula is C17H11F3N4O3. The second kappa shape index (κ2) is 6.90. The lowest BCUT2D eigenvalue weighted by Gasteiger charge is -2.12. The highest BCUT2D eigenvalue weighted by atomic mass is 19.4. The lowest BCUT2D eigenvalue weighted by molar-refractivity contribution is -0.384. The van der Waals surface area contributed by atoms with Crippen molar-refractivity contribution in [3.63, 3.8) is 0 Å². The molecule has 0 aliphatic heterocycles. The zero-order valence-electron chi connectivity index (χ0n) is 13.5. The number of anilines is 1. The molecule has 3 rings (SSSR count). The van der Waals surface area contributed by atoms with Crippen molar-refractivity contribution < 1.29 is 22.9 Å². The van der Waals surface area contributed by atoms with Gasteiger partial charge in [-0.2, -0.15) is 18.3 Å². The Morgan fingerprint density at radius 3 is 2.26 bits per heavy atom. The highest BCUT2D eigenvalue weighted by molar-refractivity contribution is 6.05. The number of nitro benzene ring substituents is 1. The van der Waals surface area contributed by atoms with Crippen LogP contribution in [0.1, 0.15) is 16.1 Å². The Bertz CT molecular complexity index is 983. The van der Waals surface area contributed by atoms with Crippen LogP contribution in [0.25, 0.3) is 5.69 Å². The zero-order valence-corrected chi connectivity index (χ0v) is 13.5. The molecule has 1 amide bonds. The third-order valence-corrected chi connectivity index (χ3v) is 3.62. The van der Waals surface area contributed by atoms with Crippen molar-refractivity contribution in [1.29, 1.82) is 0 Å². The van der Waals surface area contributed by atoms with Gasteiger partial charge in [-0.25, -0.2) is 4.68 Å². The lowest BCUT2D eigenvalue weighted by atomic mass is 10.2. The fourth-order valence-corrected chi connectivity index (χ4v) is 2.42. The molecule has 0 saturated heterocycles. The third kappa shape index (κ3) is 3.78. The number of nitrogens with zero attached hydrogens (tertiary/aromatic N) is 3. The number of carbonyl (C=O) groups is 1. The molecule has 0 aliphatic rings. The van der Waals surface area contributed by atoms with Gasteiger partial charge in [0.05, 0.1) is 22.4 Å². The standard InChI is InChI=1S/C17H11F3N4O3/c18-17(19,20)15-14(10-21-23(15)12-4-2-1-3-5-12)16(25)22-11-6-8-13(9-7-11)24(26)27/h1-10H,(H,22,25). The predicted molar refractivity (Wildman–Crippen MR) is 89.6 cm³/mol. The van der Waals surface area contributed by atoms with E-state index >= 15 is 0 Å². The molecule has 0 bridgehead atoms. The van der Waals surface area contributed by atoms with Crippen molar-refractivity contribution >= 4 is 17.3 Å². The molecule has 138 valence electrons. The van der Waals surface area contributed by atoms with Gasteiger partial charge in [0, 0.05) is 17.8 Å². The summed E-state index contributed by atoms with van der Waals surface area (Å²) in [6.07, 6.45) is -4.00. The summed E-state index contributed by atoms with van der Waals surface area (Å²) in [5, 5.41) is 16.6. The van der Waals surface area contributed by atoms with Gasteiger partial charge in [0.25, 0.3) is 11.6 Å². The van der Waals surface area contributed by atoms with E-state index in [1.54, 1.807) is 18.2 Å². The monoisotopic (exact) mass is 376 g/mol. The van der Waals surface area contributed by atoms with Crippen molar-refractivity contribution in [2.75, 3.05) is 5.32 Å². The number of halogens is 3. The minimum absolute atomic E-state index is 0.117. The minimum atomic E-state index is -4.82. The molecule has 0 atom stereocenters. The molecule has 0 saturated carbocycles. The first-order chi connectivity index (χ1) is 12.8. The molecule has 10 heteroatoms.